The zero-order valence-corrected chi connectivity index (χ0v) is 5.39. The second-order valence-electron chi connectivity index (χ2n) is 2.53. The van der Waals surface area contributed by atoms with Crippen molar-refractivity contribution in [2.75, 3.05) is 0 Å². The van der Waals surface area contributed by atoms with Gasteiger partial charge in [-0.2, -0.15) is 5.32 Å². The van der Waals surface area contributed by atoms with E-state index >= 15 is 0 Å². The van der Waals surface area contributed by atoms with Gasteiger partial charge in [-0.15, -0.1) is 0 Å². The summed E-state index contributed by atoms with van der Waals surface area (Å²) >= 11 is 0. The van der Waals surface area contributed by atoms with Crippen molar-refractivity contribution in [3.05, 3.63) is 11.1 Å². The molecule has 1 radical (unpaired) electrons. The Hall–Kier alpha value is -1.12. The third-order valence-corrected chi connectivity index (χ3v) is 1.94. The summed E-state index contributed by atoms with van der Waals surface area (Å²) in [4.78, 5) is 21.6. The molecule has 2 amide bonds. The highest BCUT2D eigenvalue weighted by molar-refractivity contribution is 6.19. The van der Waals surface area contributed by atoms with Gasteiger partial charge in [0.1, 0.15) is 0 Å². The topological polar surface area (TPSA) is 48.2 Å². The number of imide groups is 1. The van der Waals surface area contributed by atoms with Gasteiger partial charge in [0.05, 0.1) is 0 Å². The Labute approximate surface area is 58.1 Å². The maximum absolute atomic E-state index is 10.8. The molecule has 0 aromatic heterocycles. The van der Waals surface area contributed by atoms with Crippen LogP contribution >= 0.6 is 0 Å². The van der Waals surface area contributed by atoms with Gasteiger partial charge in [0.2, 0.25) is 0 Å². The Balaban J connectivity index is 2.45. The Bertz CT molecular complexity index is 228. The van der Waals surface area contributed by atoms with E-state index in [4.69, 9.17) is 0 Å². The Morgan fingerprint density at radius 3 is 2.00 bits per heavy atom. The first kappa shape index (κ1) is 5.65. The van der Waals surface area contributed by atoms with E-state index in [0.29, 0.717) is 11.1 Å². The fourth-order valence-electron chi connectivity index (χ4n) is 1.44. The minimum atomic E-state index is -0.294. The summed E-state index contributed by atoms with van der Waals surface area (Å²) in [6.07, 6.45) is 2.45. The Morgan fingerprint density at radius 1 is 1.00 bits per heavy atom. The molecule has 10 heavy (non-hydrogen) atoms. The highest BCUT2D eigenvalue weighted by atomic mass is 16.2. The summed E-state index contributed by atoms with van der Waals surface area (Å²) in [6.45, 7) is 0. The van der Waals surface area contributed by atoms with Gasteiger partial charge in [0.25, 0.3) is 11.8 Å². The number of carbonyl (C=O) groups is 2. The maximum atomic E-state index is 10.8. The summed E-state index contributed by atoms with van der Waals surface area (Å²) in [5.74, 6) is -0.588. The number of amides is 2. The number of hydrogen-bond acceptors (Lipinski definition) is 2. The number of carbonyl (C=O) groups excluding carboxylic acids is 2. The molecule has 0 atom stereocenters. The molecule has 0 saturated heterocycles. The molecule has 2 rings (SSSR count). The van der Waals surface area contributed by atoms with Crippen LogP contribution in [0.3, 0.4) is 0 Å². The van der Waals surface area contributed by atoms with Crippen LogP contribution in [0.15, 0.2) is 11.1 Å². The standard InChI is InChI=1S/C7H6NO2/c9-6-4-2-1-3-5(4)7(10)8-6/h1-3H2. The van der Waals surface area contributed by atoms with E-state index in [-0.39, 0.29) is 11.8 Å². The average Bonchev–Trinajstić information content (AvgIpc) is 2.39. The van der Waals surface area contributed by atoms with Crippen LogP contribution in [-0.4, -0.2) is 11.8 Å². The lowest BCUT2D eigenvalue weighted by molar-refractivity contribution is -0.124. The monoisotopic (exact) mass is 136 g/mol. The summed E-state index contributed by atoms with van der Waals surface area (Å²) in [6, 6.07) is 0. The predicted octanol–water partition coefficient (Wildman–Crippen LogP) is 0.138. The van der Waals surface area contributed by atoms with E-state index in [2.05, 4.69) is 5.32 Å². The molecule has 1 aliphatic heterocycles. The Kier molecular flexibility index (Phi) is 0.952. The SMILES string of the molecule is O=C1[N]C(=O)C2=C1CCC2. The van der Waals surface area contributed by atoms with Crippen LogP contribution in [0.1, 0.15) is 19.3 Å². The number of rotatable bonds is 0. The summed E-state index contributed by atoms with van der Waals surface area (Å²) < 4.78 is 0. The molecule has 1 aliphatic carbocycles. The molecular formula is C7H6NO2. The molecule has 2 aliphatic rings. The first-order valence-corrected chi connectivity index (χ1v) is 3.31. The molecule has 0 spiro atoms. The van der Waals surface area contributed by atoms with Gasteiger partial charge in [0, 0.05) is 11.1 Å². The maximum Gasteiger partial charge on any atom is 0.276 e. The van der Waals surface area contributed by atoms with Crippen LogP contribution in [0.4, 0.5) is 0 Å². The molecule has 0 fully saturated rings. The third kappa shape index (κ3) is 0.546. The van der Waals surface area contributed by atoms with Gasteiger partial charge in [0.15, 0.2) is 0 Å². The van der Waals surface area contributed by atoms with Crippen molar-refractivity contribution in [2.24, 2.45) is 0 Å². The number of hydrogen-bond donors (Lipinski definition) is 0. The Morgan fingerprint density at radius 2 is 1.50 bits per heavy atom. The minimum absolute atomic E-state index is 0.294. The summed E-state index contributed by atoms with van der Waals surface area (Å²) in [5.41, 5.74) is 1.34. The van der Waals surface area contributed by atoms with Crippen LogP contribution in [0, 0.1) is 0 Å². The first-order valence-electron chi connectivity index (χ1n) is 3.31. The van der Waals surface area contributed by atoms with E-state index in [0.717, 1.165) is 19.3 Å². The lowest BCUT2D eigenvalue weighted by atomic mass is 10.2. The lowest BCUT2D eigenvalue weighted by Crippen LogP contribution is -2.15. The van der Waals surface area contributed by atoms with E-state index in [9.17, 15) is 9.59 Å². The molecule has 51 valence electrons. The zero-order valence-electron chi connectivity index (χ0n) is 5.39. The molecule has 3 nitrogen and oxygen atoms in total. The van der Waals surface area contributed by atoms with Crippen LogP contribution < -0.4 is 5.32 Å². The smallest absolute Gasteiger partial charge is 0.267 e. The van der Waals surface area contributed by atoms with Crippen molar-refractivity contribution >= 4 is 11.8 Å². The van der Waals surface area contributed by atoms with Crippen molar-refractivity contribution < 1.29 is 9.59 Å². The fourth-order valence-corrected chi connectivity index (χ4v) is 1.44. The van der Waals surface area contributed by atoms with Crippen LogP contribution in [0.25, 0.3) is 0 Å². The van der Waals surface area contributed by atoms with E-state index in [1.807, 2.05) is 0 Å². The molecule has 1 heterocycles. The fraction of sp³-hybridized carbons (Fsp3) is 0.429. The molecule has 0 N–H and O–H groups in total. The van der Waals surface area contributed by atoms with Crippen LogP contribution in [0.2, 0.25) is 0 Å². The van der Waals surface area contributed by atoms with Gasteiger partial charge >= 0.3 is 0 Å². The van der Waals surface area contributed by atoms with Crippen LogP contribution in [0.5, 0.6) is 0 Å². The normalized spacial score (nSPS) is 23.6. The van der Waals surface area contributed by atoms with Crippen LogP contribution in [-0.2, 0) is 9.59 Å². The van der Waals surface area contributed by atoms with Crippen molar-refractivity contribution in [3.8, 4) is 0 Å². The molecule has 0 bridgehead atoms. The summed E-state index contributed by atoms with van der Waals surface area (Å²) in [7, 11) is 0. The first-order chi connectivity index (χ1) is 4.79. The molecule has 0 saturated carbocycles. The van der Waals surface area contributed by atoms with Crippen molar-refractivity contribution in [2.45, 2.75) is 19.3 Å². The third-order valence-electron chi connectivity index (χ3n) is 1.94. The predicted molar refractivity (Wildman–Crippen MR) is 33.0 cm³/mol. The van der Waals surface area contributed by atoms with E-state index < -0.39 is 0 Å². The van der Waals surface area contributed by atoms with Gasteiger partial charge in [-0.1, -0.05) is 0 Å². The molecular weight excluding hydrogens is 130 g/mol. The van der Waals surface area contributed by atoms with Crippen molar-refractivity contribution in [1.82, 2.24) is 5.32 Å². The quantitative estimate of drug-likeness (QED) is 0.444. The van der Waals surface area contributed by atoms with Gasteiger partial charge in [-0.25, -0.2) is 0 Å². The molecule has 0 unspecified atom stereocenters. The van der Waals surface area contributed by atoms with Crippen molar-refractivity contribution in [3.63, 3.8) is 0 Å². The van der Waals surface area contributed by atoms with Gasteiger partial charge in [-0.05, 0) is 19.3 Å². The highest BCUT2D eigenvalue weighted by Gasteiger charge is 2.34. The van der Waals surface area contributed by atoms with Gasteiger partial charge < -0.3 is 0 Å². The lowest BCUT2D eigenvalue weighted by Gasteiger charge is -1.90. The summed E-state index contributed by atoms with van der Waals surface area (Å²) in [5, 5.41) is 3.32. The van der Waals surface area contributed by atoms with Crippen molar-refractivity contribution in [1.29, 1.82) is 0 Å². The molecule has 0 aromatic rings. The number of nitrogens with zero attached hydrogens (tertiary/aromatic N) is 1. The molecule has 3 heteroatoms. The second kappa shape index (κ2) is 1.68. The minimum Gasteiger partial charge on any atom is -0.267 e. The van der Waals surface area contributed by atoms with E-state index in [1.54, 1.807) is 0 Å². The highest BCUT2D eigenvalue weighted by Crippen LogP contribution is 2.30. The second-order valence-corrected chi connectivity index (χ2v) is 2.53. The molecule has 0 aromatic carbocycles. The zero-order chi connectivity index (χ0) is 7.14. The average molecular weight is 136 g/mol. The van der Waals surface area contributed by atoms with Gasteiger partial charge in [-0.3, -0.25) is 9.59 Å². The van der Waals surface area contributed by atoms with E-state index in [1.165, 1.54) is 0 Å². The largest absolute Gasteiger partial charge is 0.276 e.